The minimum Gasteiger partial charge on any atom is -0.390 e. The third-order valence-electron chi connectivity index (χ3n) is 2.48. The number of hydrogen-bond donors (Lipinski definition) is 1. The zero-order valence-electron chi connectivity index (χ0n) is 8.31. The van der Waals surface area contributed by atoms with Gasteiger partial charge in [0.05, 0.1) is 12.3 Å². The first kappa shape index (κ1) is 9.89. The Morgan fingerprint density at radius 3 is 2.71 bits per heavy atom. The highest BCUT2D eigenvalue weighted by atomic mass is 32.1. The molecule has 0 aliphatic carbocycles. The Balaban J connectivity index is 2.01. The molecule has 0 aromatic carbocycles. The molecule has 0 saturated carbocycles. The Bertz CT molecular complexity index is 294. The summed E-state index contributed by atoms with van der Waals surface area (Å²) in [5.74, 6) is 0. The van der Waals surface area contributed by atoms with Crippen molar-refractivity contribution < 1.29 is 5.11 Å². The summed E-state index contributed by atoms with van der Waals surface area (Å²) in [4.78, 5) is 8.95. The van der Waals surface area contributed by atoms with Crippen molar-refractivity contribution in [2.24, 2.45) is 0 Å². The largest absolute Gasteiger partial charge is 0.390 e. The van der Waals surface area contributed by atoms with Gasteiger partial charge in [-0.1, -0.05) is 0 Å². The lowest BCUT2D eigenvalue weighted by atomic mass is 10.3. The van der Waals surface area contributed by atoms with E-state index in [0.29, 0.717) is 0 Å². The topological polar surface area (TPSA) is 39.6 Å². The molecule has 1 aliphatic rings. The Labute approximate surface area is 87.8 Å². The number of hydrogen-bond acceptors (Lipinski definition) is 5. The first-order valence-electron chi connectivity index (χ1n) is 4.78. The van der Waals surface area contributed by atoms with Gasteiger partial charge in [-0.3, -0.25) is 0 Å². The number of aromatic nitrogens is 1. The second-order valence-corrected chi connectivity index (χ2v) is 4.41. The van der Waals surface area contributed by atoms with Gasteiger partial charge in [-0.2, -0.15) is 0 Å². The molecule has 0 spiro atoms. The molecule has 78 valence electrons. The highest BCUT2D eigenvalue weighted by molar-refractivity contribution is 7.13. The molecule has 5 heteroatoms. The summed E-state index contributed by atoms with van der Waals surface area (Å²) in [6, 6.07) is 0. The molecule has 1 aromatic heterocycles. The number of anilines is 1. The molecule has 2 heterocycles. The highest BCUT2D eigenvalue weighted by Gasteiger charge is 2.16. The average molecular weight is 213 g/mol. The lowest BCUT2D eigenvalue weighted by molar-refractivity contribution is 0.277. The van der Waals surface area contributed by atoms with Crippen LogP contribution in [0.1, 0.15) is 5.69 Å². The summed E-state index contributed by atoms with van der Waals surface area (Å²) < 4.78 is 0. The van der Waals surface area contributed by atoms with Crippen molar-refractivity contribution in [1.29, 1.82) is 0 Å². The van der Waals surface area contributed by atoms with Crippen LogP contribution < -0.4 is 4.90 Å². The summed E-state index contributed by atoms with van der Waals surface area (Å²) in [6.45, 7) is 4.30. The van der Waals surface area contributed by atoms with Crippen molar-refractivity contribution in [2.45, 2.75) is 6.61 Å². The molecule has 1 fully saturated rings. The van der Waals surface area contributed by atoms with E-state index in [2.05, 4.69) is 21.8 Å². The molecule has 0 radical (unpaired) electrons. The fourth-order valence-electron chi connectivity index (χ4n) is 1.51. The van der Waals surface area contributed by atoms with Crippen molar-refractivity contribution >= 4 is 16.5 Å². The van der Waals surface area contributed by atoms with Crippen molar-refractivity contribution in [3.63, 3.8) is 0 Å². The van der Waals surface area contributed by atoms with Crippen LogP contribution in [0.3, 0.4) is 0 Å². The third-order valence-corrected chi connectivity index (χ3v) is 3.43. The fourth-order valence-corrected chi connectivity index (χ4v) is 2.38. The van der Waals surface area contributed by atoms with Crippen LogP contribution in [0.4, 0.5) is 5.13 Å². The summed E-state index contributed by atoms with van der Waals surface area (Å²) in [5.41, 5.74) is 0.781. The molecule has 2 rings (SSSR count). The van der Waals surface area contributed by atoms with E-state index in [0.717, 1.165) is 37.0 Å². The van der Waals surface area contributed by atoms with Gasteiger partial charge in [0.2, 0.25) is 0 Å². The molecule has 1 aliphatic heterocycles. The average Bonchev–Trinajstić information content (AvgIpc) is 2.67. The predicted molar refractivity (Wildman–Crippen MR) is 57.7 cm³/mol. The van der Waals surface area contributed by atoms with Crippen LogP contribution in [0.2, 0.25) is 0 Å². The second kappa shape index (κ2) is 4.25. The number of likely N-dealkylation sites (N-methyl/N-ethyl adjacent to an activating group) is 1. The summed E-state index contributed by atoms with van der Waals surface area (Å²) in [7, 11) is 2.14. The molecular formula is C9H15N3OS. The van der Waals surface area contributed by atoms with Crippen molar-refractivity contribution in [1.82, 2.24) is 9.88 Å². The molecule has 0 amide bonds. The lowest BCUT2D eigenvalue weighted by Crippen LogP contribution is -2.44. The number of thiazole rings is 1. The lowest BCUT2D eigenvalue weighted by Gasteiger charge is -2.32. The van der Waals surface area contributed by atoms with Gasteiger partial charge in [0.15, 0.2) is 5.13 Å². The maximum atomic E-state index is 8.91. The second-order valence-electron chi connectivity index (χ2n) is 3.57. The zero-order valence-corrected chi connectivity index (χ0v) is 9.13. The van der Waals surface area contributed by atoms with Crippen LogP contribution in [-0.2, 0) is 6.61 Å². The van der Waals surface area contributed by atoms with Gasteiger partial charge >= 0.3 is 0 Å². The number of piperazine rings is 1. The van der Waals surface area contributed by atoms with Gasteiger partial charge in [-0.25, -0.2) is 4.98 Å². The van der Waals surface area contributed by atoms with Crippen LogP contribution in [0, 0.1) is 0 Å². The molecule has 1 saturated heterocycles. The SMILES string of the molecule is CN1CCN(c2nc(CO)cs2)CC1. The van der Waals surface area contributed by atoms with E-state index in [1.54, 1.807) is 11.3 Å². The maximum absolute atomic E-state index is 8.91. The Morgan fingerprint density at radius 2 is 2.14 bits per heavy atom. The number of rotatable bonds is 2. The van der Waals surface area contributed by atoms with Crippen LogP contribution >= 0.6 is 11.3 Å². The van der Waals surface area contributed by atoms with Crippen LogP contribution in [-0.4, -0.2) is 48.2 Å². The number of aliphatic hydroxyl groups excluding tert-OH is 1. The molecule has 1 N–H and O–H groups in total. The van der Waals surface area contributed by atoms with Gasteiger partial charge in [-0.05, 0) is 7.05 Å². The molecule has 14 heavy (non-hydrogen) atoms. The van der Waals surface area contributed by atoms with Gasteiger partial charge in [0.25, 0.3) is 0 Å². The molecule has 0 unspecified atom stereocenters. The van der Waals surface area contributed by atoms with Crippen molar-refractivity contribution in [3.8, 4) is 0 Å². The molecule has 4 nitrogen and oxygen atoms in total. The van der Waals surface area contributed by atoms with Gasteiger partial charge in [0.1, 0.15) is 0 Å². The Morgan fingerprint density at radius 1 is 1.43 bits per heavy atom. The molecular weight excluding hydrogens is 198 g/mol. The van der Waals surface area contributed by atoms with Gasteiger partial charge in [-0.15, -0.1) is 11.3 Å². The summed E-state index contributed by atoms with van der Waals surface area (Å²) in [5, 5.41) is 11.9. The van der Waals surface area contributed by atoms with Crippen LogP contribution in [0.5, 0.6) is 0 Å². The first-order chi connectivity index (χ1) is 6.79. The first-order valence-corrected chi connectivity index (χ1v) is 5.66. The van der Waals surface area contributed by atoms with E-state index in [1.165, 1.54) is 0 Å². The van der Waals surface area contributed by atoms with Crippen LogP contribution in [0.25, 0.3) is 0 Å². The summed E-state index contributed by atoms with van der Waals surface area (Å²) in [6.07, 6.45) is 0. The fraction of sp³-hybridized carbons (Fsp3) is 0.667. The number of nitrogens with zero attached hydrogens (tertiary/aromatic N) is 3. The molecule has 0 atom stereocenters. The van der Waals surface area contributed by atoms with Gasteiger partial charge in [0, 0.05) is 31.6 Å². The third kappa shape index (κ3) is 2.05. The van der Waals surface area contributed by atoms with E-state index in [4.69, 9.17) is 5.11 Å². The van der Waals surface area contributed by atoms with E-state index >= 15 is 0 Å². The monoisotopic (exact) mass is 213 g/mol. The minimum absolute atomic E-state index is 0.0459. The Kier molecular flexibility index (Phi) is 3.00. The summed E-state index contributed by atoms with van der Waals surface area (Å²) >= 11 is 1.62. The smallest absolute Gasteiger partial charge is 0.185 e. The maximum Gasteiger partial charge on any atom is 0.185 e. The van der Waals surface area contributed by atoms with E-state index in [-0.39, 0.29) is 6.61 Å². The van der Waals surface area contributed by atoms with Crippen molar-refractivity contribution in [3.05, 3.63) is 11.1 Å². The quantitative estimate of drug-likeness (QED) is 0.771. The zero-order chi connectivity index (χ0) is 9.97. The highest BCUT2D eigenvalue weighted by Crippen LogP contribution is 2.21. The number of aliphatic hydroxyl groups is 1. The Hall–Kier alpha value is -0.650. The van der Waals surface area contributed by atoms with Crippen molar-refractivity contribution in [2.75, 3.05) is 38.1 Å². The van der Waals surface area contributed by atoms with Crippen LogP contribution in [0.15, 0.2) is 5.38 Å². The molecule has 0 bridgehead atoms. The molecule has 1 aromatic rings. The predicted octanol–water partition coefficient (Wildman–Crippen LogP) is 0.387. The van der Waals surface area contributed by atoms with E-state index < -0.39 is 0 Å². The normalized spacial score (nSPS) is 18.9. The van der Waals surface area contributed by atoms with Gasteiger partial charge < -0.3 is 14.9 Å². The minimum atomic E-state index is 0.0459. The van der Waals surface area contributed by atoms with E-state index in [9.17, 15) is 0 Å². The standard InChI is InChI=1S/C9H15N3OS/c1-11-2-4-12(5-3-11)9-10-8(6-13)7-14-9/h7,13H,2-6H2,1H3. The van der Waals surface area contributed by atoms with E-state index in [1.807, 2.05) is 5.38 Å².